The monoisotopic (exact) mass is 326 g/mol. The van der Waals surface area contributed by atoms with Crippen LogP contribution in [-0.2, 0) is 0 Å². The molecule has 1 aromatic carbocycles. The lowest BCUT2D eigenvalue weighted by Crippen LogP contribution is -2.48. The molecule has 4 nitrogen and oxygen atoms in total. The van der Waals surface area contributed by atoms with E-state index < -0.39 is 0 Å². The Morgan fingerprint density at radius 1 is 1.17 bits per heavy atom. The SMILES string of the molecule is CC(C)c1nc2ccccc2n1C1CN(c2ccncc2Cl)C1. The minimum atomic E-state index is 0.404. The molecule has 2 aromatic heterocycles. The number of fused-ring (bicyclic) bond motifs is 1. The summed E-state index contributed by atoms with van der Waals surface area (Å²) in [6, 6.07) is 10.8. The van der Waals surface area contributed by atoms with Crippen molar-refractivity contribution in [3.8, 4) is 0 Å². The zero-order valence-electron chi connectivity index (χ0n) is 13.3. The Labute approximate surface area is 140 Å². The van der Waals surface area contributed by atoms with Gasteiger partial charge in [0, 0.05) is 31.4 Å². The number of rotatable bonds is 3. The van der Waals surface area contributed by atoms with E-state index in [2.05, 4.69) is 46.5 Å². The minimum absolute atomic E-state index is 0.404. The molecule has 0 saturated carbocycles. The molecular weight excluding hydrogens is 308 g/mol. The molecule has 0 unspecified atom stereocenters. The number of nitrogens with zero attached hydrogens (tertiary/aromatic N) is 4. The molecule has 0 amide bonds. The summed E-state index contributed by atoms with van der Waals surface area (Å²) < 4.78 is 2.41. The van der Waals surface area contributed by atoms with Crippen LogP contribution in [0.2, 0.25) is 5.02 Å². The summed E-state index contributed by atoms with van der Waals surface area (Å²) in [6.07, 6.45) is 3.50. The van der Waals surface area contributed by atoms with Gasteiger partial charge in [0.25, 0.3) is 0 Å². The molecule has 0 aliphatic carbocycles. The number of aromatic nitrogens is 3. The largest absolute Gasteiger partial charge is 0.366 e. The molecule has 4 rings (SSSR count). The maximum Gasteiger partial charge on any atom is 0.112 e. The van der Waals surface area contributed by atoms with E-state index in [0.29, 0.717) is 17.0 Å². The van der Waals surface area contributed by atoms with E-state index in [1.807, 2.05) is 12.1 Å². The van der Waals surface area contributed by atoms with Crippen LogP contribution >= 0.6 is 11.6 Å². The number of para-hydroxylation sites is 2. The average Bonchev–Trinajstić information content (AvgIpc) is 2.88. The van der Waals surface area contributed by atoms with Gasteiger partial charge in [-0.3, -0.25) is 4.98 Å². The molecule has 3 aromatic rings. The highest BCUT2D eigenvalue weighted by Gasteiger charge is 2.32. The summed E-state index contributed by atoms with van der Waals surface area (Å²) in [7, 11) is 0. The lowest BCUT2D eigenvalue weighted by molar-refractivity contribution is 0.393. The normalized spacial score (nSPS) is 15.4. The Balaban J connectivity index is 1.67. The topological polar surface area (TPSA) is 34.0 Å². The zero-order chi connectivity index (χ0) is 16.0. The van der Waals surface area contributed by atoms with Gasteiger partial charge in [-0.25, -0.2) is 4.98 Å². The number of imidazole rings is 1. The third-order valence-electron chi connectivity index (χ3n) is 4.46. The standard InChI is InChI=1S/C18H19ClN4/c1-12(2)18-21-15-5-3-4-6-17(15)23(18)13-10-22(11-13)16-7-8-20-9-14(16)19/h3-9,12-13H,10-11H2,1-2H3. The van der Waals surface area contributed by atoms with Gasteiger partial charge in [0.05, 0.1) is 27.8 Å². The number of halogens is 1. The molecule has 1 aliphatic rings. The van der Waals surface area contributed by atoms with E-state index in [-0.39, 0.29) is 0 Å². The third-order valence-corrected chi connectivity index (χ3v) is 4.75. The number of anilines is 1. The molecule has 1 fully saturated rings. The van der Waals surface area contributed by atoms with Crippen LogP contribution in [0.4, 0.5) is 5.69 Å². The van der Waals surface area contributed by atoms with E-state index in [4.69, 9.17) is 16.6 Å². The van der Waals surface area contributed by atoms with Gasteiger partial charge in [-0.1, -0.05) is 37.6 Å². The van der Waals surface area contributed by atoms with Crippen LogP contribution in [0.3, 0.4) is 0 Å². The smallest absolute Gasteiger partial charge is 0.112 e. The molecule has 5 heteroatoms. The van der Waals surface area contributed by atoms with Crippen LogP contribution in [0.15, 0.2) is 42.7 Å². The van der Waals surface area contributed by atoms with Crippen LogP contribution in [0.5, 0.6) is 0 Å². The van der Waals surface area contributed by atoms with Gasteiger partial charge in [0.1, 0.15) is 5.82 Å². The molecule has 0 radical (unpaired) electrons. The highest BCUT2D eigenvalue weighted by Crippen LogP contribution is 2.35. The van der Waals surface area contributed by atoms with E-state index in [1.54, 1.807) is 12.4 Å². The Morgan fingerprint density at radius 3 is 2.70 bits per heavy atom. The molecule has 0 bridgehead atoms. The first-order chi connectivity index (χ1) is 11.1. The van der Waals surface area contributed by atoms with Crippen molar-refractivity contribution in [2.75, 3.05) is 18.0 Å². The Hall–Kier alpha value is -2.07. The van der Waals surface area contributed by atoms with Gasteiger partial charge in [0.15, 0.2) is 0 Å². The van der Waals surface area contributed by atoms with Crippen molar-refractivity contribution in [3.05, 3.63) is 53.6 Å². The lowest BCUT2D eigenvalue weighted by Gasteiger charge is -2.43. The van der Waals surface area contributed by atoms with E-state index >= 15 is 0 Å². The van der Waals surface area contributed by atoms with Gasteiger partial charge in [-0.15, -0.1) is 0 Å². The third kappa shape index (κ3) is 2.38. The average molecular weight is 327 g/mol. The second-order valence-electron chi connectivity index (χ2n) is 6.37. The molecule has 3 heterocycles. The van der Waals surface area contributed by atoms with Crippen LogP contribution in [0.1, 0.15) is 31.6 Å². The predicted octanol–water partition coefficient (Wildman–Crippen LogP) is 4.27. The maximum atomic E-state index is 6.26. The lowest BCUT2D eigenvalue weighted by atomic mass is 10.1. The molecule has 0 N–H and O–H groups in total. The van der Waals surface area contributed by atoms with Gasteiger partial charge >= 0.3 is 0 Å². The summed E-state index contributed by atoms with van der Waals surface area (Å²) >= 11 is 6.26. The fourth-order valence-electron chi connectivity index (χ4n) is 3.29. The summed E-state index contributed by atoms with van der Waals surface area (Å²) in [4.78, 5) is 11.2. The van der Waals surface area contributed by atoms with Crippen LogP contribution < -0.4 is 4.90 Å². The first-order valence-corrected chi connectivity index (χ1v) is 8.34. The Kier molecular flexibility index (Phi) is 3.49. The number of hydrogen-bond acceptors (Lipinski definition) is 3. The maximum absolute atomic E-state index is 6.26. The summed E-state index contributed by atoms with van der Waals surface area (Å²) in [5, 5.41) is 0.713. The molecule has 0 spiro atoms. The van der Waals surface area contributed by atoms with Crippen molar-refractivity contribution < 1.29 is 0 Å². The van der Waals surface area contributed by atoms with Crippen LogP contribution in [0, 0.1) is 0 Å². The number of benzene rings is 1. The summed E-state index contributed by atoms with van der Waals surface area (Å²) in [6.45, 7) is 6.30. The highest BCUT2D eigenvalue weighted by molar-refractivity contribution is 6.33. The highest BCUT2D eigenvalue weighted by atomic mass is 35.5. The summed E-state index contributed by atoms with van der Waals surface area (Å²) in [5.41, 5.74) is 3.37. The second kappa shape index (κ2) is 5.53. The molecule has 23 heavy (non-hydrogen) atoms. The number of hydrogen-bond donors (Lipinski definition) is 0. The molecular formula is C18H19ClN4. The van der Waals surface area contributed by atoms with Crippen molar-refractivity contribution in [1.82, 2.24) is 14.5 Å². The van der Waals surface area contributed by atoms with Gasteiger partial charge < -0.3 is 9.47 Å². The van der Waals surface area contributed by atoms with Gasteiger partial charge in [-0.2, -0.15) is 0 Å². The van der Waals surface area contributed by atoms with Crippen molar-refractivity contribution >= 4 is 28.3 Å². The number of pyridine rings is 1. The van der Waals surface area contributed by atoms with E-state index in [1.165, 1.54) is 5.52 Å². The fourth-order valence-corrected chi connectivity index (χ4v) is 3.53. The van der Waals surface area contributed by atoms with Gasteiger partial charge in [0.2, 0.25) is 0 Å². The Bertz CT molecular complexity index is 849. The molecule has 0 atom stereocenters. The molecule has 1 saturated heterocycles. The van der Waals surface area contributed by atoms with E-state index in [0.717, 1.165) is 30.1 Å². The minimum Gasteiger partial charge on any atom is -0.366 e. The Morgan fingerprint density at radius 2 is 1.96 bits per heavy atom. The van der Waals surface area contributed by atoms with Crippen molar-refractivity contribution in [1.29, 1.82) is 0 Å². The summed E-state index contributed by atoms with van der Waals surface area (Å²) in [5.74, 6) is 1.57. The van der Waals surface area contributed by atoms with Crippen molar-refractivity contribution in [2.45, 2.75) is 25.8 Å². The molecule has 1 aliphatic heterocycles. The van der Waals surface area contributed by atoms with Crippen molar-refractivity contribution in [3.63, 3.8) is 0 Å². The first kappa shape index (κ1) is 14.5. The quantitative estimate of drug-likeness (QED) is 0.720. The van der Waals surface area contributed by atoms with E-state index in [9.17, 15) is 0 Å². The van der Waals surface area contributed by atoms with Crippen LogP contribution in [-0.4, -0.2) is 27.6 Å². The molecule has 118 valence electrons. The predicted molar refractivity (Wildman–Crippen MR) is 94.3 cm³/mol. The van der Waals surface area contributed by atoms with Crippen LogP contribution in [0.25, 0.3) is 11.0 Å². The first-order valence-electron chi connectivity index (χ1n) is 7.96. The van der Waals surface area contributed by atoms with Crippen molar-refractivity contribution in [2.24, 2.45) is 0 Å². The fraction of sp³-hybridized carbons (Fsp3) is 0.333. The second-order valence-corrected chi connectivity index (χ2v) is 6.78. The van der Waals surface area contributed by atoms with Gasteiger partial charge in [-0.05, 0) is 18.2 Å². The zero-order valence-corrected chi connectivity index (χ0v) is 14.0.